The molecule has 1 heterocycles. The average molecular weight is 236 g/mol. The standard InChI is InChI=1S/C10H8N2O5/c1-5(13)6-2-8-10(17-4-16-8)7(3-11)9(6)12(14)15/h2,5,13H,4H2,1H3. The van der Waals surface area contributed by atoms with Crippen LogP contribution in [0.3, 0.4) is 0 Å². The first-order valence-corrected chi connectivity index (χ1v) is 4.75. The van der Waals surface area contributed by atoms with Crippen LogP contribution in [0.25, 0.3) is 0 Å². The summed E-state index contributed by atoms with van der Waals surface area (Å²) in [5.74, 6) is 0.298. The molecule has 1 aromatic rings. The van der Waals surface area contributed by atoms with Crippen molar-refractivity contribution in [3.63, 3.8) is 0 Å². The smallest absolute Gasteiger partial charge is 0.296 e. The molecule has 0 aromatic heterocycles. The molecule has 88 valence electrons. The van der Waals surface area contributed by atoms with Crippen LogP contribution < -0.4 is 9.47 Å². The second-order valence-electron chi connectivity index (χ2n) is 3.47. The molecular weight excluding hydrogens is 228 g/mol. The Morgan fingerprint density at radius 3 is 2.88 bits per heavy atom. The molecule has 0 spiro atoms. The number of fused-ring (bicyclic) bond motifs is 1. The predicted octanol–water partition coefficient (Wildman–Crippen LogP) is 1.25. The zero-order valence-corrected chi connectivity index (χ0v) is 8.84. The lowest BCUT2D eigenvalue weighted by Gasteiger charge is -2.08. The van der Waals surface area contributed by atoms with Crippen LogP contribution in [0.15, 0.2) is 6.07 Å². The normalized spacial score (nSPS) is 14.2. The highest BCUT2D eigenvalue weighted by molar-refractivity contribution is 5.67. The molecule has 0 bridgehead atoms. The zero-order chi connectivity index (χ0) is 12.6. The number of hydrogen-bond acceptors (Lipinski definition) is 6. The highest BCUT2D eigenvalue weighted by Crippen LogP contribution is 2.44. The molecule has 0 saturated heterocycles. The maximum Gasteiger partial charge on any atom is 0.296 e. The number of aliphatic hydroxyl groups excluding tert-OH is 1. The molecule has 0 radical (unpaired) electrons. The second-order valence-corrected chi connectivity index (χ2v) is 3.47. The van der Waals surface area contributed by atoms with E-state index in [1.54, 1.807) is 6.07 Å². The van der Waals surface area contributed by atoms with E-state index in [4.69, 9.17) is 14.7 Å². The highest BCUT2D eigenvalue weighted by Gasteiger charge is 2.32. The molecule has 0 fully saturated rings. The quantitative estimate of drug-likeness (QED) is 0.611. The van der Waals surface area contributed by atoms with Crippen LogP contribution in [-0.2, 0) is 0 Å². The minimum Gasteiger partial charge on any atom is -0.454 e. The Morgan fingerprint density at radius 1 is 1.65 bits per heavy atom. The third-order valence-electron chi connectivity index (χ3n) is 2.41. The van der Waals surface area contributed by atoms with E-state index in [9.17, 15) is 15.2 Å². The molecule has 0 saturated carbocycles. The fourth-order valence-corrected chi connectivity index (χ4v) is 1.67. The summed E-state index contributed by atoms with van der Waals surface area (Å²) in [7, 11) is 0. The van der Waals surface area contributed by atoms with Gasteiger partial charge in [-0.05, 0) is 13.0 Å². The zero-order valence-electron chi connectivity index (χ0n) is 8.84. The van der Waals surface area contributed by atoms with Gasteiger partial charge < -0.3 is 14.6 Å². The van der Waals surface area contributed by atoms with Gasteiger partial charge in [-0.25, -0.2) is 0 Å². The van der Waals surface area contributed by atoms with Crippen LogP contribution in [0.5, 0.6) is 11.5 Å². The van der Waals surface area contributed by atoms with Crippen molar-refractivity contribution in [1.82, 2.24) is 0 Å². The molecule has 7 heteroatoms. The number of nitriles is 1. The molecule has 1 atom stereocenters. The first-order chi connectivity index (χ1) is 8.06. The number of ether oxygens (including phenoxy) is 2. The lowest BCUT2D eigenvalue weighted by molar-refractivity contribution is -0.386. The topological polar surface area (TPSA) is 106 Å². The molecule has 1 unspecified atom stereocenters. The fourth-order valence-electron chi connectivity index (χ4n) is 1.67. The molecule has 17 heavy (non-hydrogen) atoms. The Balaban J connectivity index is 2.78. The largest absolute Gasteiger partial charge is 0.454 e. The van der Waals surface area contributed by atoms with E-state index in [1.165, 1.54) is 13.0 Å². The number of aliphatic hydroxyl groups is 1. The second kappa shape index (κ2) is 3.92. The Bertz CT molecular complexity index is 532. The van der Waals surface area contributed by atoms with Crippen molar-refractivity contribution < 1.29 is 19.5 Å². The molecule has 7 nitrogen and oxygen atoms in total. The summed E-state index contributed by atoms with van der Waals surface area (Å²) in [4.78, 5) is 10.2. The van der Waals surface area contributed by atoms with Crippen molar-refractivity contribution in [1.29, 1.82) is 5.26 Å². The molecule has 1 N–H and O–H groups in total. The van der Waals surface area contributed by atoms with Gasteiger partial charge in [0.2, 0.25) is 6.79 Å². The van der Waals surface area contributed by atoms with Crippen molar-refractivity contribution in [3.05, 3.63) is 27.3 Å². The van der Waals surface area contributed by atoms with Gasteiger partial charge in [-0.3, -0.25) is 10.1 Å². The van der Waals surface area contributed by atoms with Crippen molar-refractivity contribution in [2.24, 2.45) is 0 Å². The predicted molar refractivity (Wildman–Crippen MR) is 54.6 cm³/mol. The van der Waals surface area contributed by atoms with Gasteiger partial charge >= 0.3 is 0 Å². The van der Waals surface area contributed by atoms with Crippen LogP contribution in [0.1, 0.15) is 24.2 Å². The van der Waals surface area contributed by atoms with Crippen molar-refractivity contribution in [2.45, 2.75) is 13.0 Å². The van der Waals surface area contributed by atoms with Gasteiger partial charge in [0.1, 0.15) is 6.07 Å². The van der Waals surface area contributed by atoms with Crippen molar-refractivity contribution in [3.8, 4) is 17.6 Å². The summed E-state index contributed by atoms with van der Waals surface area (Å²) in [6.07, 6.45) is -1.07. The minimum atomic E-state index is -1.07. The van der Waals surface area contributed by atoms with E-state index in [1.807, 2.05) is 0 Å². The maximum absolute atomic E-state index is 11.0. The van der Waals surface area contributed by atoms with E-state index in [-0.39, 0.29) is 29.4 Å². The summed E-state index contributed by atoms with van der Waals surface area (Å²) >= 11 is 0. The number of nitrogens with zero attached hydrogens (tertiary/aromatic N) is 2. The SMILES string of the molecule is CC(O)c1cc2c(c(C#N)c1[N+](=O)[O-])OCO2. The van der Waals surface area contributed by atoms with Crippen LogP contribution >= 0.6 is 0 Å². The summed E-state index contributed by atoms with van der Waals surface area (Å²) in [5, 5.41) is 29.4. The molecule has 1 aromatic carbocycles. The monoisotopic (exact) mass is 236 g/mol. The van der Waals surface area contributed by atoms with Gasteiger partial charge in [0.05, 0.1) is 16.6 Å². The number of nitro benzene ring substituents is 1. The van der Waals surface area contributed by atoms with Crippen molar-refractivity contribution in [2.75, 3.05) is 6.79 Å². The Kier molecular flexibility index (Phi) is 2.57. The molecule has 0 amide bonds. The number of benzene rings is 1. The first-order valence-electron chi connectivity index (χ1n) is 4.75. The molecule has 2 rings (SSSR count). The third kappa shape index (κ3) is 1.64. The number of hydrogen-bond donors (Lipinski definition) is 1. The van der Waals surface area contributed by atoms with Gasteiger partial charge in [0.15, 0.2) is 17.1 Å². The van der Waals surface area contributed by atoms with Gasteiger partial charge in [-0.15, -0.1) is 0 Å². The van der Waals surface area contributed by atoms with E-state index < -0.39 is 16.7 Å². The Labute approximate surface area is 96.0 Å². The summed E-state index contributed by atoms with van der Waals surface area (Å²) in [6, 6.07) is 3.04. The fraction of sp³-hybridized carbons (Fsp3) is 0.300. The summed E-state index contributed by atoms with van der Waals surface area (Å²) < 4.78 is 10.1. The van der Waals surface area contributed by atoms with Crippen LogP contribution in [0.4, 0.5) is 5.69 Å². The van der Waals surface area contributed by atoms with Gasteiger partial charge in [-0.1, -0.05) is 0 Å². The Hall–Kier alpha value is -2.33. The third-order valence-corrected chi connectivity index (χ3v) is 2.41. The first kappa shape index (κ1) is 11.2. The molecule has 1 aliphatic rings. The molecule has 0 aliphatic carbocycles. The highest BCUT2D eigenvalue weighted by atomic mass is 16.7. The number of nitro groups is 1. The molecular formula is C10H8N2O5. The van der Waals surface area contributed by atoms with E-state index in [0.29, 0.717) is 0 Å². The van der Waals surface area contributed by atoms with Crippen molar-refractivity contribution >= 4 is 5.69 Å². The maximum atomic E-state index is 11.0. The van der Waals surface area contributed by atoms with Gasteiger partial charge in [0, 0.05) is 0 Å². The van der Waals surface area contributed by atoms with E-state index in [2.05, 4.69) is 0 Å². The van der Waals surface area contributed by atoms with Gasteiger partial charge in [-0.2, -0.15) is 5.26 Å². The average Bonchev–Trinajstić information content (AvgIpc) is 2.73. The van der Waals surface area contributed by atoms with Crippen LogP contribution in [-0.4, -0.2) is 16.8 Å². The van der Waals surface area contributed by atoms with Gasteiger partial charge in [0.25, 0.3) is 5.69 Å². The minimum absolute atomic E-state index is 0.0378. The van der Waals surface area contributed by atoms with E-state index in [0.717, 1.165) is 0 Å². The van der Waals surface area contributed by atoms with E-state index >= 15 is 0 Å². The van der Waals surface area contributed by atoms with Crippen LogP contribution in [0, 0.1) is 21.4 Å². The summed E-state index contributed by atoms with van der Waals surface area (Å²) in [5.41, 5.74) is -0.622. The Morgan fingerprint density at radius 2 is 2.35 bits per heavy atom. The van der Waals surface area contributed by atoms with Crippen LogP contribution in [0.2, 0.25) is 0 Å². The lowest BCUT2D eigenvalue weighted by Crippen LogP contribution is -2.02. The number of rotatable bonds is 2. The molecule has 1 aliphatic heterocycles. The lowest BCUT2D eigenvalue weighted by atomic mass is 10.0. The summed E-state index contributed by atoms with van der Waals surface area (Å²) in [6.45, 7) is 1.29.